The molecule has 7 heteroatoms. The fourth-order valence-electron chi connectivity index (χ4n) is 3.42. The van der Waals surface area contributed by atoms with Crippen LogP contribution in [0.3, 0.4) is 0 Å². The van der Waals surface area contributed by atoms with E-state index in [1.807, 2.05) is 0 Å². The molecule has 1 amide bonds. The molecule has 2 unspecified atom stereocenters. The van der Waals surface area contributed by atoms with Crippen molar-refractivity contribution >= 4 is 11.9 Å². The Morgan fingerprint density at radius 1 is 1.35 bits per heavy atom. The summed E-state index contributed by atoms with van der Waals surface area (Å²) < 4.78 is 5.19. The normalized spacial score (nSPS) is 23.6. The van der Waals surface area contributed by atoms with Gasteiger partial charge in [-0.25, -0.2) is 4.79 Å². The number of aryl methyl sites for hydroxylation is 2. The number of aromatic amines is 1. The highest BCUT2D eigenvalue weighted by Crippen LogP contribution is 2.24. The summed E-state index contributed by atoms with van der Waals surface area (Å²) in [6.45, 7) is 0.183. The quantitative estimate of drug-likeness (QED) is 0.848. The lowest BCUT2D eigenvalue weighted by Crippen LogP contribution is -2.42. The number of ether oxygens (including phenoxy) is 1. The maximum atomic E-state index is 12.7. The second-order valence-electron chi connectivity index (χ2n) is 6.13. The molecule has 124 valence electrons. The Bertz CT molecular complexity index is 696. The molecule has 0 radical (unpaired) electrons. The first kappa shape index (κ1) is 15.7. The highest BCUT2D eigenvalue weighted by atomic mass is 16.5. The molecule has 1 aromatic heterocycles. The molecule has 1 aromatic rings. The number of carboxylic acids is 1. The summed E-state index contributed by atoms with van der Waals surface area (Å²) in [6.07, 6.45) is 3.61. The van der Waals surface area contributed by atoms with Crippen LogP contribution >= 0.6 is 0 Å². The number of methoxy groups -OCH3 is 1. The van der Waals surface area contributed by atoms with E-state index in [0.29, 0.717) is 0 Å². The number of fused-ring (bicyclic) bond motifs is 1. The summed E-state index contributed by atoms with van der Waals surface area (Å²) in [5, 5.41) is 9.32. The van der Waals surface area contributed by atoms with Crippen molar-refractivity contribution in [2.45, 2.75) is 44.2 Å². The molecule has 0 spiro atoms. The topological polar surface area (TPSA) is 99.7 Å². The average Bonchev–Trinajstić information content (AvgIpc) is 2.98. The van der Waals surface area contributed by atoms with Crippen molar-refractivity contribution in [2.24, 2.45) is 0 Å². The highest BCUT2D eigenvalue weighted by Gasteiger charge is 2.40. The van der Waals surface area contributed by atoms with Gasteiger partial charge >= 0.3 is 5.97 Å². The lowest BCUT2D eigenvalue weighted by Gasteiger charge is -2.22. The fraction of sp³-hybridized carbons (Fsp3) is 0.562. The minimum absolute atomic E-state index is 0.0219. The van der Waals surface area contributed by atoms with E-state index >= 15 is 0 Å². The Morgan fingerprint density at radius 3 is 2.78 bits per heavy atom. The van der Waals surface area contributed by atoms with Crippen LogP contribution < -0.4 is 5.56 Å². The zero-order chi connectivity index (χ0) is 16.6. The number of carbonyl (C=O) groups is 2. The summed E-state index contributed by atoms with van der Waals surface area (Å²) in [6, 6.07) is 0.678. The average molecular weight is 320 g/mol. The maximum absolute atomic E-state index is 12.7. The monoisotopic (exact) mass is 320 g/mol. The van der Waals surface area contributed by atoms with Crippen LogP contribution in [0.5, 0.6) is 0 Å². The zero-order valence-electron chi connectivity index (χ0n) is 13.0. The molecule has 1 aliphatic heterocycles. The molecule has 0 aromatic carbocycles. The van der Waals surface area contributed by atoms with Crippen molar-refractivity contribution in [1.82, 2.24) is 9.88 Å². The third-order valence-electron chi connectivity index (χ3n) is 4.71. The van der Waals surface area contributed by atoms with Gasteiger partial charge in [0.15, 0.2) is 0 Å². The molecule has 0 bridgehead atoms. The molecule has 2 heterocycles. The van der Waals surface area contributed by atoms with Crippen LogP contribution in [0, 0.1) is 0 Å². The van der Waals surface area contributed by atoms with Crippen molar-refractivity contribution in [3.63, 3.8) is 0 Å². The molecule has 23 heavy (non-hydrogen) atoms. The van der Waals surface area contributed by atoms with Crippen molar-refractivity contribution in [3.8, 4) is 0 Å². The van der Waals surface area contributed by atoms with Crippen LogP contribution in [0.25, 0.3) is 0 Å². The number of nitrogens with one attached hydrogen (secondary N) is 1. The van der Waals surface area contributed by atoms with Crippen LogP contribution in [0.4, 0.5) is 0 Å². The predicted molar refractivity (Wildman–Crippen MR) is 81.6 cm³/mol. The molecule has 1 saturated heterocycles. The van der Waals surface area contributed by atoms with Crippen molar-refractivity contribution in [2.75, 3.05) is 13.7 Å². The third kappa shape index (κ3) is 2.88. The van der Waals surface area contributed by atoms with Crippen LogP contribution in [-0.4, -0.2) is 52.7 Å². The molecule has 7 nitrogen and oxygen atoms in total. The number of likely N-dealkylation sites (tertiary alicyclic amines) is 1. The van der Waals surface area contributed by atoms with E-state index in [1.165, 1.54) is 12.0 Å². The minimum atomic E-state index is -1.08. The Hall–Kier alpha value is -2.15. The van der Waals surface area contributed by atoms with E-state index < -0.39 is 23.5 Å². The predicted octanol–water partition coefficient (Wildman–Crippen LogP) is 0.568. The smallest absolute Gasteiger partial charge is 0.326 e. The summed E-state index contributed by atoms with van der Waals surface area (Å²) in [4.78, 5) is 40.4. The molecular formula is C16H20N2O5. The number of aliphatic carboxylic acids is 1. The number of carboxylic acid groups (broad SMARTS) is 1. The maximum Gasteiger partial charge on any atom is 0.326 e. The van der Waals surface area contributed by atoms with Gasteiger partial charge in [0.1, 0.15) is 11.6 Å². The van der Waals surface area contributed by atoms with Crippen LogP contribution in [0.2, 0.25) is 0 Å². The lowest BCUT2D eigenvalue weighted by atomic mass is 9.95. The van der Waals surface area contributed by atoms with Gasteiger partial charge in [0.2, 0.25) is 0 Å². The minimum Gasteiger partial charge on any atom is -0.480 e. The number of amides is 1. The molecular weight excluding hydrogens is 300 g/mol. The van der Waals surface area contributed by atoms with Crippen molar-refractivity contribution < 1.29 is 19.4 Å². The fourth-order valence-corrected chi connectivity index (χ4v) is 3.42. The molecule has 1 fully saturated rings. The first-order valence-electron chi connectivity index (χ1n) is 7.83. The summed E-state index contributed by atoms with van der Waals surface area (Å²) >= 11 is 0. The lowest BCUT2D eigenvalue weighted by molar-refractivity contribution is -0.141. The summed E-state index contributed by atoms with van der Waals surface area (Å²) in [7, 11) is 1.49. The zero-order valence-corrected chi connectivity index (χ0v) is 13.0. The van der Waals surface area contributed by atoms with Crippen LogP contribution in [-0.2, 0) is 22.4 Å². The SMILES string of the molecule is COC1CC(C(=O)O)N(C(=O)c2cc3c([nH]c2=O)CCCC3)C1. The molecule has 0 saturated carbocycles. The number of rotatable bonds is 3. The van der Waals surface area contributed by atoms with Gasteiger partial charge in [-0.2, -0.15) is 0 Å². The summed E-state index contributed by atoms with van der Waals surface area (Å²) in [5.41, 5.74) is 1.45. The Morgan fingerprint density at radius 2 is 2.09 bits per heavy atom. The molecule has 1 aliphatic carbocycles. The highest BCUT2D eigenvalue weighted by molar-refractivity contribution is 5.97. The second-order valence-corrected chi connectivity index (χ2v) is 6.13. The first-order chi connectivity index (χ1) is 11.0. The van der Waals surface area contributed by atoms with Gasteiger partial charge in [-0.3, -0.25) is 9.59 Å². The standard InChI is InChI=1S/C16H20N2O5/c1-23-10-7-13(16(21)22)18(8-10)15(20)11-6-9-4-2-3-5-12(9)17-14(11)19/h6,10,13H,2-5,7-8H2,1H3,(H,17,19)(H,21,22). The van der Waals surface area contributed by atoms with Gasteiger partial charge in [0, 0.05) is 25.8 Å². The van der Waals surface area contributed by atoms with Gasteiger partial charge in [0.05, 0.1) is 6.10 Å². The van der Waals surface area contributed by atoms with Gasteiger partial charge in [-0.05, 0) is 37.3 Å². The molecule has 2 aliphatic rings. The second kappa shape index (κ2) is 6.16. The number of carbonyl (C=O) groups excluding carboxylic acids is 1. The number of hydrogen-bond donors (Lipinski definition) is 2. The largest absolute Gasteiger partial charge is 0.480 e. The number of hydrogen-bond acceptors (Lipinski definition) is 4. The Balaban J connectivity index is 1.93. The van der Waals surface area contributed by atoms with Crippen LogP contribution in [0.15, 0.2) is 10.9 Å². The van der Waals surface area contributed by atoms with E-state index in [1.54, 1.807) is 6.07 Å². The number of aromatic nitrogens is 1. The number of pyridine rings is 1. The van der Waals surface area contributed by atoms with E-state index in [9.17, 15) is 19.5 Å². The number of nitrogens with zero attached hydrogens (tertiary/aromatic N) is 1. The Kier molecular flexibility index (Phi) is 4.21. The van der Waals surface area contributed by atoms with Crippen molar-refractivity contribution in [1.29, 1.82) is 0 Å². The van der Waals surface area contributed by atoms with Crippen molar-refractivity contribution in [3.05, 3.63) is 33.2 Å². The summed E-state index contributed by atoms with van der Waals surface area (Å²) in [5.74, 6) is -1.61. The van der Waals surface area contributed by atoms with E-state index in [4.69, 9.17) is 4.74 Å². The van der Waals surface area contributed by atoms with E-state index in [-0.39, 0.29) is 24.6 Å². The van der Waals surface area contributed by atoms with E-state index in [0.717, 1.165) is 36.9 Å². The molecule has 3 rings (SSSR count). The van der Waals surface area contributed by atoms with Gasteiger partial charge in [-0.15, -0.1) is 0 Å². The van der Waals surface area contributed by atoms with Gasteiger partial charge in [0.25, 0.3) is 11.5 Å². The van der Waals surface area contributed by atoms with Gasteiger partial charge < -0.3 is 19.7 Å². The third-order valence-corrected chi connectivity index (χ3v) is 4.71. The first-order valence-corrected chi connectivity index (χ1v) is 7.83. The van der Waals surface area contributed by atoms with Gasteiger partial charge in [-0.1, -0.05) is 0 Å². The van der Waals surface area contributed by atoms with E-state index in [2.05, 4.69) is 4.98 Å². The molecule has 2 atom stereocenters. The molecule has 2 N–H and O–H groups in total. The number of H-pyrrole nitrogens is 1. The Labute approximate surface area is 133 Å². The van der Waals surface area contributed by atoms with Crippen LogP contribution in [0.1, 0.15) is 40.9 Å².